The van der Waals surface area contributed by atoms with E-state index < -0.39 is 0 Å². The molecular weight excluding hydrogens is 210 g/mol. The van der Waals surface area contributed by atoms with Gasteiger partial charge in [-0.1, -0.05) is 30.3 Å². The summed E-state index contributed by atoms with van der Waals surface area (Å²) in [6, 6.07) is 12.7. The van der Waals surface area contributed by atoms with Gasteiger partial charge in [0.15, 0.2) is 0 Å². The Morgan fingerprint density at radius 1 is 1.35 bits per heavy atom. The maximum Gasteiger partial charge on any atom is 0.102 e. The first-order valence-corrected chi connectivity index (χ1v) is 5.84. The summed E-state index contributed by atoms with van der Waals surface area (Å²) in [4.78, 5) is 0. The average molecular weight is 223 g/mol. The second-order valence-corrected chi connectivity index (χ2v) is 4.58. The van der Waals surface area contributed by atoms with Crippen molar-refractivity contribution in [3.05, 3.63) is 53.9 Å². The summed E-state index contributed by atoms with van der Waals surface area (Å²) >= 11 is 0. The topological polar surface area (TPSA) is 41.6 Å². The molecule has 1 aliphatic carbocycles. The molecule has 0 N–H and O–H groups in total. The first-order chi connectivity index (χ1) is 8.36. The average Bonchev–Trinajstić information content (AvgIpc) is 2.98. The first kappa shape index (κ1) is 10.1. The smallest absolute Gasteiger partial charge is 0.102 e. The summed E-state index contributed by atoms with van der Waals surface area (Å²) in [7, 11) is 0. The molecule has 0 aliphatic heterocycles. The van der Waals surface area contributed by atoms with Crippen molar-refractivity contribution in [2.24, 2.45) is 5.92 Å². The van der Waals surface area contributed by atoms with Crippen molar-refractivity contribution in [2.45, 2.75) is 18.9 Å². The van der Waals surface area contributed by atoms with Crippen molar-refractivity contribution in [3.8, 4) is 6.07 Å². The highest BCUT2D eigenvalue weighted by Gasteiger charge is 2.38. The third-order valence-corrected chi connectivity index (χ3v) is 3.33. The number of nitrogens with zero attached hydrogens (tertiary/aromatic N) is 3. The zero-order chi connectivity index (χ0) is 11.7. The molecule has 1 heterocycles. The van der Waals surface area contributed by atoms with Crippen molar-refractivity contribution in [3.63, 3.8) is 0 Å². The predicted molar refractivity (Wildman–Crippen MR) is 64.2 cm³/mol. The van der Waals surface area contributed by atoms with E-state index in [2.05, 4.69) is 35.4 Å². The Morgan fingerprint density at radius 3 is 2.88 bits per heavy atom. The lowest BCUT2D eigenvalue weighted by atomic mass is 10.1. The molecule has 0 radical (unpaired) electrons. The van der Waals surface area contributed by atoms with E-state index >= 15 is 0 Å². The Labute approximate surface area is 100 Å². The van der Waals surface area contributed by atoms with E-state index in [1.807, 2.05) is 16.9 Å². The fraction of sp³-hybridized carbons (Fsp3) is 0.286. The van der Waals surface area contributed by atoms with Crippen LogP contribution in [0.5, 0.6) is 0 Å². The van der Waals surface area contributed by atoms with E-state index in [1.165, 1.54) is 12.0 Å². The van der Waals surface area contributed by atoms with Crippen LogP contribution in [0.4, 0.5) is 0 Å². The molecule has 1 aromatic carbocycles. The lowest BCUT2D eigenvalue weighted by Crippen LogP contribution is -2.01. The zero-order valence-electron chi connectivity index (χ0n) is 9.45. The van der Waals surface area contributed by atoms with E-state index in [9.17, 15) is 0 Å². The van der Waals surface area contributed by atoms with Gasteiger partial charge in [0.05, 0.1) is 11.8 Å². The zero-order valence-corrected chi connectivity index (χ0v) is 9.45. The SMILES string of the molecule is N#Cc1cnn(C[C@@H]2C[C@@H]2c2ccccc2)c1. The number of aromatic nitrogens is 2. The van der Waals surface area contributed by atoms with Crippen molar-refractivity contribution in [1.29, 1.82) is 5.26 Å². The molecule has 0 unspecified atom stereocenters. The standard InChI is InChI=1S/C14H13N3/c15-7-11-8-16-17(9-11)10-13-6-14(13)12-4-2-1-3-5-12/h1-5,8-9,13-14H,6,10H2/t13-,14+/m0/s1. The van der Waals surface area contributed by atoms with Gasteiger partial charge in [0.25, 0.3) is 0 Å². The van der Waals surface area contributed by atoms with Crippen molar-refractivity contribution >= 4 is 0 Å². The van der Waals surface area contributed by atoms with Crippen LogP contribution in [0, 0.1) is 17.2 Å². The van der Waals surface area contributed by atoms with Crippen LogP contribution in [0.15, 0.2) is 42.7 Å². The molecule has 0 spiro atoms. The molecule has 3 nitrogen and oxygen atoms in total. The summed E-state index contributed by atoms with van der Waals surface area (Å²) in [5.74, 6) is 1.34. The minimum atomic E-state index is 0.641. The van der Waals surface area contributed by atoms with E-state index in [4.69, 9.17) is 5.26 Å². The van der Waals surface area contributed by atoms with Crippen LogP contribution >= 0.6 is 0 Å². The van der Waals surface area contributed by atoms with Crippen LogP contribution in [-0.4, -0.2) is 9.78 Å². The minimum Gasteiger partial charge on any atom is -0.271 e. The number of rotatable bonds is 3. The minimum absolute atomic E-state index is 0.641. The van der Waals surface area contributed by atoms with Gasteiger partial charge in [-0.25, -0.2) is 0 Å². The molecule has 0 amide bonds. The summed E-state index contributed by atoms with van der Waals surface area (Å²) in [5, 5.41) is 12.9. The number of hydrogen-bond donors (Lipinski definition) is 0. The predicted octanol–water partition coefficient (Wildman–Crippen LogP) is 2.56. The van der Waals surface area contributed by atoms with Crippen LogP contribution in [0.25, 0.3) is 0 Å². The van der Waals surface area contributed by atoms with Gasteiger partial charge in [-0.05, 0) is 23.8 Å². The van der Waals surface area contributed by atoms with E-state index in [0.717, 1.165) is 6.54 Å². The second kappa shape index (κ2) is 4.06. The van der Waals surface area contributed by atoms with Gasteiger partial charge in [-0.3, -0.25) is 4.68 Å². The number of nitriles is 1. The van der Waals surface area contributed by atoms with Gasteiger partial charge in [-0.2, -0.15) is 10.4 Å². The Hall–Kier alpha value is -2.08. The van der Waals surface area contributed by atoms with E-state index in [-0.39, 0.29) is 0 Å². The van der Waals surface area contributed by atoms with Crippen LogP contribution in [0.1, 0.15) is 23.5 Å². The first-order valence-electron chi connectivity index (χ1n) is 5.84. The van der Waals surface area contributed by atoms with E-state index in [0.29, 0.717) is 17.4 Å². The van der Waals surface area contributed by atoms with E-state index in [1.54, 1.807) is 6.20 Å². The summed E-state index contributed by atoms with van der Waals surface area (Å²) in [6.45, 7) is 0.918. The summed E-state index contributed by atoms with van der Waals surface area (Å²) in [6.07, 6.45) is 4.67. The fourth-order valence-corrected chi connectivity index (χ4v) is 2.32. The second-order valence-electron chi connectivity index (χ2n) is 4.58. The molecule has 1 aliphatic rings. The molecule has 84 valence electrons. The lowest BCUT2D eigenvalue weighted by Gasteiger charge is -2.01. The molecular formula is C14H13N3. The molecule has 1 aromatic heterocycles. The molecule has 0 saturated heterocycles. The van der Waals surface area contributed by atoms with Gasteiger partial charge < -0.3 is 0 Å². The molecule has 2 aromatic rings. The fourth-order valence-electron chi connectivity index (χ4n) is 2.32. The molecule has 0 bridgehead atoms. The Bertz CT molecular complexity index is 550. The normalized spacial score (nSPS) is 22.1. The molecule has 2 atom stereocenters. The number of hydrogen-bond acceptors (Lipinski definition) is 2. The van der Waals surface area contributed by atoms with Gasteiger partial charge in [0.2, 0.25) is 0 Å². The van der Waals surface area contributed by atoms with Gasteiger partial charge >= 0.3 is 0 Å². The van der Waals surface area contributed by atoms with Crippen molar-refractivity contribution in [2.75, 3.05) is 0 Å². The highest BCUT2D eigenvalue weighted by molar-refractivity contribution is 5.26. The lowest BCUT2D eigenvalue weighted by molar-refractivity contribution is 0.553. The number of benzene rings is 1. The molecule has 1 saturated carbocycles. The molecule has 3 heteroatoms. The Balaban J connectivity index is 1.65. The maximum atomic E-state index is 8.73. The molecule has 1 fully saturated rings. The van der Waals surface area contributed by atoms with Crippen LogP contribution in [0.3, 0.4) is 0 Å². The largest absolute Gasteiger partial charge is 0.271 e. The Morgan fingerprint density at radius 2 is 2.18 bits per heavy atom. The monoisotopic (exact) mass is 223 g/mol. The van der Waals surface area contributed by atoms with Crippen molar-refractivity contribution < 1.29 is 0 Å². The van der Waals surface area contributed by atoms with Crippen LogP contribution in [0.2, 0.25) is 0 Å². The quantitative estimate of drug-likeness (QED) is 0.802. The van der Waals surface area contributed by atoms with Crippen molar-refractivity contribution in [1.82, 2.24) is 9.78 Å². The van der Waals surface area contributed by atoms with Gasteiger partial charge in [0, 0.05) is 12.7 Å². The highest BCUT2D eigenvalue weighted by atomic mass is 15.3. The molecule has 17 heavy (non-hydrogen) atoms. The van der Waals surface area contributed by atoms with Crippen LogP contribution < -0.4 is 0 Å². The van der Waals surface area contributed by atoms with Gasteiger partial charge in [-0.15, -0.1) is 0 Å². The third kappa shape index (κ3) is 2.07. The third-order valence-electron chi connectivity index (χ3n) is 3.33. The summed E-state index contributed by atoms with van der Waals surface area (Å²) < 4.78 is 1.88. The summed E-state index contributed by atoms with van der Waals surface area (Å²) in [5.41, 5.74) is 2.06. The molecule has 3 rings (SSSR count). The van der Waals surface area contributed by atoms with Gasteiger partial charge in [0.1, 0.15) is 6.07 Å². The Kier molecular flexibility index (Phi) is 2.41. The van der Waals surface area contributed by atoms with Crippen LogP contribution in [-0.2, 0) is 6.54 Å². The highest BCUT2D eigenvalue weighted by Crippen LogP contribution is 2.48. The maximum absolute atomic E-state index is 8.73.